The molecule has 0 spiro atoms. The van der Waals surface area contributed by atoms with Crippen molar-refractivity contribution in [2.75, 3.05) is 14.1 Å². The highest BCUT2D eigenvalue weighted by Gasteiger charge is 2.64. The number of hydrogen-bond donors (Lipinski definition) is 1. The third-order valence-electron chi connectivity index (χ3n) is 5.74. The van der Waals surface area contributed by atoms with E-state index in [9.17, 15) is 5.11 Å². The molecule has 0 aliphatic heterocycles. The Morgan fingerprint density at radius 1 is 1.10 bits per heavy atom. The van der Waals surface area contributed by atoms with Crippen molar-refractivity contribution in [3.8, 4) is 0 Å². The molecule has 21 heavy (non-hydrogen) atoms. The molecule has 1 N–H and O–H groups in total. The van der Waals surface area contributed by atoms with E-state index < -0.39 is 5.60 Å². The second kappa shape index (κ2) is 4.56. The average Bonchev–Trinajstić information content (AvgIpc) is 2.77. The first-order valence-corrected chi connectivity index (χ1v) is 7.99. The van der Waals surface area contributed by atoms with Crippen molar-refractivity contribution in [2.24, 2.45) is 5.92 Å². The van der Waals surface area contributed by atoms with E-state index in [4.69, 9.17) is 0 Å². The fraction of sp³-hybridized carbons (Fsp3) is 0.474. The number of aliphatic hydroxyl groups is 1. The largest absolute Gasteiger partial charge is 0.388 e. The zero-order chi connectivity index (χ0) is 14.6. The molecule has 2 heteroatoms. The van der Waals surface area contributed by atoms with E-state index in [0.717, 1.165) is 12.8 Å². The normalized spacial score (nSPS) is 35.0. The molecular formula is C19H23NO. The van der Waals surface area contributed by atoms with Crippen LogP contribution in [-0.4, -0.2) is 35.7 Å². The standard InChI is InChI=1S/C19H23NO/c1-20(2)18-17(16-8-5-11-19(16,18)21)15-10-9-13-6-3-4-7-14(13)12-15/h3-4,6-7,9-10,12,16-18,21H,5,8,11H2,1-2H3/t16?,17-,18?,19-/m0/s1. The van der Waals surface area contributed by atoms with Crippen molar-refractivity contribution in [2.45, 2.75) is 36.8 Å². The van der Waals surface area contributed by atoms with Crippen LogP contribution in [-0.2, 0) is 0 Å². The van der Waals surface area contributed by atoms with E-state index in [1.165, 1.54) is 22.8 Å². The van der Waals surface area contributed by atoms with Crippen LogP contribution >= 0.6 is 0 Å². The Labute approximate surface area is 126 Å². The molecule has 2 aliphatic rings. The molecule has 2 aromatic carbocycles. The van der Waals surface area contributed by atoms with Crippen molar-refractivity contribution >= 4 is 10.8 Å². The molecule has 4 atom stereocenters. The molecule has 2 nitrogen and oxygen atoms in total. The number of hydrogen-bond acceptors (Lipinski definition) is 2. The molecule has 0 bridgehead atoms. The summed E-state index contributed by atoms with van der Waals surface area (Å²) in [5.74, 6) is 0.906. The lowest BCUT2D eigenvalue weighted by molar-refractivity contribution is -0.155. The Balaban J connectivity index is 1.77. The molecule has 0 radical (unpaired) electrons. The van der Waals surface area contributed by atoms with E-state index >= 15 is 0 Å². The van der Waals surface area contributed by atoms with Crippen LogP contribution in [0.4, 0.5) is 0 Å². The maximum atomic E-state index is 11.0. The Bertz CT molecular complexity index is 680. The van der Waals surface area contributed by atoms with Crippen LogP contribution in [0.2, 0.25) is 0 Å². The van der Waals surface area contributed by atoms with Crippen LogP contribution in [0.25, 0.3) is 10.8 Å². The number of rotatable bonds is 2. The third-order valence-corrected chi connectivity index (χ3v) is 5.74. The van der Waals surface area contributed by atoms with Gasteiger partial charge in [-0.15, -0.1) is 0 Å². The summed E-state index contributed by atoms with van der Waals surface area (Å²) in [6.45, 7) is 0. The fourth-order valence-electron chi connectivity index (χ4n) is 4.91. The van der Waals surface area contributed by atoms with E-state index in [1.807, 2.05) is 0 Å². The van der Waals surface area contributed by atoms with E-state index in [0.29, 0.717) is 11.8 Å². The molecule has 0 heterocycles. The van der Waals surface area contributed by atoms with Crippen LogP contribution in [0.5, 0.6) is 0 Å². The SMILES string of the molecule is CN(C)C1[C@@H](c2ccc3ccccc3c2)C2CCC[C@]21O. The van der Waals surface area contributed by atoms with Gasteiger partial charge in [-0.1, -0.05) is 48.9 Å². The molecule has 2 aromatic rings. The quantitative estimate of drug-likeness (QED) is 0.912. The lowest BCUT2D eigenvalue weighted by Crippen LogP contribution is -2.67. The van der Waals surface area contributed by atoms with Gasteiger partial charge in [0.25, 0.3) is 0 Å². The monoisotopic (exact) mass is 281 g/mol. The minimum absolute atomic E-state index is 0.256. The maximum absolute atomic E-state index is 11.0. The Morgan fingerprint density at radius 3 is 2.62 bits per heavy atom. The van der Waals surface area contributed by atoms with Gasteiger partial charge in [-0.3, -0.25) is 0 Å². The summed E-state index contributed by atoms with van der Waals surface area (Å²) < 4.78 is 0. The third kappa shape index (κ3) is 1.79. The fourth-order valence-corrected chi connectivity index (χ4v) is 4.91. The summed E-state index contributed by atoms with van der Waals surface area (Å²) >= 11 is 0. The molecule has 110 valence electrons. The summed E-state index contributed by atoms with van der Waals surface area (Å²) in [5, 5.41) is 13.6. The van der Waals surface area contributed by atoms with Gasteiger partial charge in [0.2, 0.25) is 0 Å². The first-order valence-electron chi connectivity index (χ1n) is 7.99. The van der Waals surface area contributed by atoms with Crippen molar-refractivity contribution in [1.82, 2.24) is 4.90 Å². The summed E-state index contributed by atoms with van der Waals surface area (Å²) in [6.07, 6.45) is 3.29. The number of nitrogens with zero attached hydrogens (tertiary/aromatic N) is 1. The van der Waals surface area contributed by atoms with Crippen LogP contribution < -0.4 is 0 Å². The highest BCUT2D eigenvalue weighted by atomic mass is 16.3. The highest BCUT2D eigenvalue weighted by molar-refractivity contribution is 5.83. The maximum Gasteiger partial charge on any atom is 0.0842 e. The van der Waals surface area contributed by atoms with Crippen molar-refractivity contribution in [1.29, 1.82) is 0 Å². The van der Waals surface area contributed by atoms with E-state index in [1.54, 1.807) is 0 Å². The molecule has 2 unspecified atom stereocenters. The zero-order valence-corrected chi connectivity index (χ0v) is 12.8. The van der Waals surface area contributed by atoms with Gasteiger partial charge in [0, 0.05) is 12.0 Å². The molecule has 0 saturated heterocycles. The van der Waals surface area contributed by atoms with Gasteiger partial charge in [0.1, 0.15) is 0 Å². The minimum Gasteiger partial charge on any atom is -0.388 e. The smallest absolute Gasteiger partial charge is 0.0842 e. The summed E-state index contributed by atoms with van der Waals surface area (Å²) in [7, 11) is 4.20. The van der Waals surface area contributed by atoms with E-state index in [2.05, 4.69) is 61.5 Å². The second-order valence-electron chi connectivity index (χ2n) is 7.03. The summed E-state index contributed by atoms with van der Waals surface area (Å²) in [6, 6.07) is 15.6. The van der Waals surface area contributed by atoms with Crippen LogP contribution in [0.3, 0.4) is 0 Å². The molecule has 2 aliphatic carbocycles. The molecule has 0 aromatic heterocycles. The lowest BCUT2D eigenvalue weighted by atomic mass is 9.56. The van der Waals surface area contributed by atoms with Crippen molar-refractivity contribution in [3.63, 3.8) is 0 Å². The summed E-state index contributed by atoms with van der Waals surface area (Å²) in [4.78, 5) is 2.22. The molecule has 0 amide bonds. The van der Waals surface area contributed by atoms with Crippen molar-refractivity contribution < 1.29 is 5.11 Å². The predicted octanol–water partition coefficient (Wildman–Crippen LogP) is 3.40. The second-order valence-corrected chi connectivity index (χ2v) is 7.03. The van der Waals surface area contributed by atoms with Crippen LogP contribution in [0.1, 0.15) is 30.7 Å². The number of benzene rings is 2. The summed E-state index contributed by atoms with van der Waals surface area (Å²) in [5.41, 5.74) is 0.934. The molecular weight excluding hydrogens is 258 g/mol. The van der Waals surface area contributed by atoms with Crippen molar-refractivity contribution in [3.05, 3.63) is 48.0 Å². The minimum atomic E-state index is -0.459. The zero-order valence-electron chi connectivity index (χ0n) is 12.8. The first kappa shape index (κ1) is 13.3. The topological polar surface area (TPSA) is 23.5 Å². The van der Waals surface area contributed by atoms with Gasteiger partial charge >= 0.3 is 0 Å². The van der Waals surface area contributed by atoms with Crippen LogP contribution in [0, 0.1) is 5.92 Å². The Hall–Kier alpha value is -1.38. The predicted molar refractivity (Wildman–Crippen MR) is 86.5 cm³/mol. The lowest BCUT2D eigenvalue weighted by Gasteiger charge is -2.58. The van der Waals surface area contributed by atoms with Crippen LogP contribution in [0.15, 0.2) is 42.5 Å². The van der Waals surface area contributed by atoms with E-state index in [-0.39, 0.29) is 6.04 Å². The average molecular weight is 281 g/mol. The van der Waals surface area contributed by atoms with Gasteiger partial charge in [-0.25, -0.2) is 0 Å². The molecule has 2 saturated carbocycles. The number of fused-ring (bicyclic) bond motifs is 2. The number of likely N-dealkylation sites (N-methyl/N-ethyl adjacent to an activating group) is 1. The molecule has 2 fully saturated rings. The van der Waals surface area contributed by atoms with Gasteiger partial charge in [-0.05, 0) is 49.2 Å². The Morgan fingerprint density at radius 2 is 1.86 bits per heavy atom. The van der Waals surface area contributed by atoms with Gasteiger partial charge in [-0.2, -0.15) is 0 Å². The van der Waals surface area contributed by atoms with Gasteiger partial charge < -0.3 is 10.0 Å². The molecule has 4 rings (SSSR count). The highest BCUT2D eigenvalue weighted by Crippen LogP contribution is 2.60. The Kier molecular flexibility index (Phi) is 2.88. The first-order chi connectivity index (χ1) is 10.1. The van der Waals surface area contributed by atoms with Gasteiger partial charge in [0.15, 0.2) is 0 Å². The van der Waals surface area contributed by atoms with Gasteiger partial charge in [0.05, 0.1) is 5.60 Å².